The van der Waals surface area contributed by atoms with Gasteiger partial charge in [0.1, 0.15) is 12.4 Å². The second kappa shape index (κ2) is 11.2. The SMILES string of the molecule is Cn1c(=O)ccc2cc(OCCNCCN3CCC(OCc4cccnc4)CC3)ccc21. The number of fused-ring (bicyclic) bond motifs is 1. The number of aromatic nitrogens is 2. The van der Waals surface area contributed by atoms with Crippen LogP contribution in [0.4, 0.5) is 0 Å². The number of nitrogens with one attached hydrogen (secondary N) is 1. The van der Waals surface area contributed by atoms with Gasteiger partial charge in [-0.05, 0) is 48.7 Å². The van der Waals surface area contributed by atoms with Crippen LogP contribution in [0, 0.1) is 0 Å². The highest BCUT2D eigenvalue weighted by Crippen LogP contribution is 2.19. The van der Waals surface area contributed by atoms with Crippen LogP contribution in [0.3, 0.4) is 0 Å². The summed E-state index contributed by atoms with van der Waals surface area (Å²) in [5.41, 5.74) is 2.04. The summed E-state index contributed by atoms with van der Waals surface area (Å²) in [7, 11) is 1.78. The standard InChI is InChI=1S/C25H32N4O3/c1-28-24-6-5-23(17-21(24)4-7-25(28)30)31-16-12-26-11-15-29-13-8-22(9-14-29)32-19-20-3-2-10-27-18-20/h2-7,10,17-18,22,26H,8-9,11-16,19H2,1H3. The van der Waals surface area contributed by atoms with E-state index >= 15 is 0 Å². The van der Waals surface area contributed by atoms with Crippen molar-refractivity contribution in [3.8, 4) is 5.75 Å². The van der Waals surface area contributed by atoms with Gasteiger partial charge in [0.2, 0.25) is 0 Å². The monoisotopic (exact) mass is 436 g/mol. The fraction of sp³-hybridized carbons (Fsp3) is 0.440. The largest absolute Gasteiger partial charge is 0.492 e. The predicted molar refractivity (Wildman–Crippen MR) is 126 cm³/mol. The van der Waals surface area contributed by atoms with Gasteiger partial charge in [0.25, 0.3) is 5.56 Å². The molecule has 4 rings (SSSR count). The highest BCUT2D eigenvalue weighted by atomic mass is 16.5. The Morgan fingerprint density at radius 1 is 1.12 bits per heavy atom. The summed E-state index contributed by atoms with van der Waals surface area (Å²) in [6, 6.07) is 13.3. The molecule has 0 atom stereocenters. The van der Waals surface area contributed by atoms with E-state index in [1.165, 1.54) is 0 Å². The number of ether oxygens (including phenoxy) is 2. The second-order valence-electron chi connectivity index (χ2n) is 8.26. The first-order valence-corrected chi connectivity index (χ1v) is 11.4. The number of rotatable bonds is 10. The average molecular weight is 437 g/mol. The van der Waals surface area contributed by atoms with Crippen molar-refractivity contribution in [1.29, 1.82) is 0 Å². The molecule has 1 fully saturated rings. The lowest BCUT2D eigenvalue weighted by atomic mass is 10.1. The van der Waals surface area contributed by atoms with E-state index in [1.54, 1.807) is 23.9 Å². The maximum Gasteiger partial charge on any atom is 0.250 e. The van der Waals surface area contributed by atoms with Gasteiger partial charge in [0.15, 0.2) is 0 Å². The van der Waals surface area contributed by atoms with Gasteiger partial charge in [-0.1, -0.05) is 6.07 Å². The number of hydrogen-bond donors (Lipinski definition) is 1. The van der Waals surface area contributed by atoms with Crippen molar-refractivity contribution in [2.24, 2.45) is 7.05 Å². The Hall–Kier alpha value is -2.74. The molecule has 3 heterocycles. The maximum atomic E-state index is 11.7. The zero-order chi connectivity index (χ0) is 22.2. The van der Waals surface area contributed by atoms with Gasteiger partial charge < -0.3 is 24.3 Å². The topological polar surface area (TPSA) is 68.6 Å². The molecule has 1 aliphatic rings. The molecule has 0 radical (unpaired) electrons. The van der Waals surface area contributed by atoms with E-state index in [4.69, 9.17) is 9.47 Å². The van der Waals surface area contributed by atoms with Crippen molar-refractivity contribution in [3.05, 3.63) is 70.8 Å². The molecule has 170 valence electrons. The maximum absolute atomic E-state index is 11.7. The minimum absolute atomic E-state index is 0.00291. The summed E-state index contributed by atoms with van der Waals surface area (Å²) in [5, 5.41) is 4.47. The Morgan fingerprint density at radius 3 is 2.81 bits per heavy atom. The third kappa shape index (κ3) is 6.16. The molecule has 0 amide bonds. The molecular formula is C25H32N4O3. The molecule has 1 saturated heterocycles. The first-order valence-electron chi connectivity index (χ1n) is 11.4. The highest BCUT2D eigenvalue weighted by molar-refractivity contribution is 5.80. The average Bonchev–Trinajstić information content (AvgIpc) is 2.84. The van der Waals surface area contributed by atoms with Crippen molar-refractivity contribution in [2.45, 2.75) is 25.6 Å². The van der Waals surface area contributed by atoms with E-state index < -0.39 is 0 Å². The van der Waals surface area contributed by atoms with Gasteiger partial charge in [-0.2, -0.15) is 0 Å². The van der Waals surface area contributed by atoms with Crippen LogP contribution in [0.15, 0.2) is 59.7 Å². The van der Waals surface area contributed by atoms with Crippen LogP contribution in [0.1, 0.15) is 18.4 Å². The minimum Gasteiger partial charge on any atom is -0.492 e. The van der Waals surface area contributed by atoms with E-state index in [0.29, 0.717) is 19.3 Å². The van der Waals surface area contributed by atoms with E-state index in [9.17, 15) is 4.79 Å². The lowest BCUT2D eigenvalue weighted by Gasteiger charge is -2.31. The van der Waals surface area contributed by atoms with E-state index in [2.05, 4.69) is 21.3 Å². The molecule has 1 aromatic carbocycles. The van der Waals surface area contributed by atoms with Crippen molar-refractivity contribution in [2.75, 3.05) is 39.3 Å². The summed E-state index contributed by atoms with van der Waals surface area (Å²) in [6.07, 6.45) is 6.16. The number of likely N-dealkylation sites (tertiary alicyclic amines) is 1. The van der Waals surface area contributed by atoms with Crippen LogP contribution in [-0.2, 0) is 18.4 Å². The number of hydrogen-bond acceptors (Lipinski definition) is 6. The quantitative estimate of drug-likeness (QED) is 0.493. The normalized spacial score (nSPS) is 15.3. The highest BCUT2D eigenvalue weighted by Gasteiger charge is 2.19. The number of piperidine rings is 1. The fourth-order valence-electron chi connectivity index (χ4n) is 4.05. The summed E-state index contributed by atoms with van der Waals surface area (Å²) < 4.78 is 13.6. The summed E-state index contributed by atoms with van der Waals surface area (Å²) >= 11 is 0. The van der Waals surface area contributed by atoms with Crippen LogP contribution >= 0.6 is 0 Å². The molecule has 2 aromatic heterocycles. The van der Waals surface area contributed by atoms with E-state index in [1.807, 2.05) is 36.5 Å². The van der Waals surface area contributed by atoms with Gasteiger partial charge >= 0.3 is 0 Å². The first kappa shape index (κ1) is 22.5. The molecule has 0 bridgehead atoms. The molecule has 32 heavy (non-hydrogen) atoms. The molecule has 7 nitrogen and oxygen atoms in total. The molecule has 0 saturated carbocycles. The molecule has 0 aliphatic carbocycles. The molecule has 7 heteroatoms. The van der Waals surface area contributed by atoms with Gasteiger partial charge in [-0.15, -0.1) is 0 Å². The first-order chi connectivity index (χ1) is 15.7. The van der Waals surface area contributed by atoms with Gasteiger partial charge in [0.05, 0.1) is 18.2 Å². The van der Waals surface area contributed by atoms with Gasteiger partial charge in [-0.3, -0.25) is 9.78 Å². The van der Waals surface area contributed by atoms with Crippen molar-refractivity contribution < 1.29 is 9.47 Å². The smallest absolute Gasteiger partial charge is 0.250 e. The Kier molecular flexibility index (Phi) is 7.87. The summed E-state index contributed by atoms with van der Waals surface area (Å²) in [4.78, 5) is 18.3. The Bertz CT molecular complexity index is 1050. The van der Waals surface area contributed by atoms with Crippen LogP contribution in [0.5, 0.6) is 5.75 Å². The molecule has 1 aliphatic heterocycles. The zero-order valence-corrected chi connectivity index (χ0v) is 18.7. The van der Waals surface area contributed by atoms with Gasteiger partial charge in [-0.25, -0.2) is 0 Å². The molecule has 0 spiro atoms. The van der Waals surface area contributed by atoms with Crippen LogP contribution < -0.4 is 15.6 Å². The molecule has 3 aromatic rings. The number of benzene rings is 1. The Balaban J connectivity index is 1.08. The number of aryl methyl sites for hydroxylation is 1. The Labute approximate surface area is 189 Å². The second-order valence-corrected chi connectivity index (χ2v) is 8.26. The van der Waals surface area contributed by atoms with Crippen molar-refractivity contribution in [1.82, 2.24) is 19.8 Å². The summed E-state index contributed by atoms with van der Waals surface area (Å²) in [6.45, 7) is 6.21. The van der Waals surface area contributed by atoms with Crippen molar-refractivity contribution >= 4 is 10.9 Å². The number of pyridine rings is 2. The lowest BCUT2D eigenvalue weighted by molar-refractivity contribution is -0.00227. The van der Waals surface area contributed by atoms with Crippen molar-refractivity contribution in [3.63, 3.8) is 0 Å². The zero-order valence-electron chi connectivity index (χ0n) is 18.7. The Morgan fingerprint density at radius 2 is 2.00 bits per heavy atom. The minimum atomic E-state index is -0.00291. The summed E-state index contributed by atoms with van der Waals surface area (Å²) in [5.74, 6) is 0.825. The van der Waals surface area contributed by atoms with Crippen LogP contribution in [-0.4, -0.2) is 59.9 Å². The number of nitrogens with zero attached hydrogens (tertiary/aromatic N) is 3. The molecule has 1 N–H and O–H groups in total. The van der Waals surface area contributed by atoms with E-state index in [0.717, 1.165) is 67.8 Å². The molecular weight excluding hydrogens is 404 g/mol. The van der Waals surface area contributed by atoms with Crippen LogP contribution in [0.25, 0.3) is 10.9 Å². The fourth-order valence-corrected chi connectivity index (χ4v) is 4.05. The van der Waals surface area contributed by atoms with Crippen LogP contribution in [0.2, 0.25) is 0 Å². The van der Waals surface area contributed by atoms with E-state index in [-0.39, 0.29) is 5.56 Å². The third-order valence-corrected chi connectivity index (χ3v) is 5.99. The third-order valence-electron chi connectivity index (χ3n) is 5.99. The lowest BCUT2D eigenvalue weighted by Crippen LogP contribution is -2.41. The van der Waals surface area contributed by atoms with Gasteiger partial charge in [0, 0.05) is 63.6 Å². The molecule has 0 unspecified atom stereocenters. The predicted octanol–water partition coefficient (Wildman–Crippen LogP) is 2.58.